The highest BCUT2D eigenvalue weighted by atomic mass is 35.5. The number of amides is 1. The lowest BCUT2D eigenvalue weighted by Crippen LogP contribution is -2.54. The van der Waals surface area contributed by atoms with Crippen LogP contribution >= 0.6 is 23.4 Å². The first kappa shape index (κ1) is 29.4. The lowest BCUT2D eigenvalue weighted by molar-refractivity contribution is -0.218. The van der Waals surface area contributed by atoms with Gasteiger partial charge in [-0.2, -0.15) is 0 Å². The van der Waals surface area contributed by atoms with Crippen LogP contribution in [0.25, 0.3) is 0 Å². The molecule has 1 aliphatic rings. The number of hydrogen-bond acceptors (Lipinski definition) is 7. The summed E-state index contributed by atoms with van der Waals surface area (Å²) in [7, 11) is 0. The fourth-order valence-corrected chi connectivity index (χ4v) is 5.70. The van der Waals surface area contributed by atoms with Crippen molar-refractivity contribution in [1.29, 1.82) is 0 Å². The van der Waals surface area contributed by atoms with Gasteiger partial charge in [0.25, 0.3) is 0 Å². The van der Waals surface area contributed by atoms with E-state index in [2.05, 4.69) is 0 Å². The van der Waals surface area contributed by atoms with Gasteiger partial charge >= 0.3 is 0 Å². The molecule has 0 saturated carbocycles. The monoisotopic (exact) mass is 571 g/mol. The van der Waals surface area contributed by atoms with Crippen molar-refractivity contribution in [3.63, 3.8) is 0 Å². The molecule has 5 N–H and O–H groups in total. The maximum absolute atomic E-state index is 11.4. The molecule has 4 rings (SSSR count). The largest absolute Gasteiger partial charge is 0.494 e. The second-order valence-corrected chi connectivity index (χ2v) is 11.2. The summed E-state index contributed by atoms with van der Waals surface area (Å²) in [5, 5.41) is 32.7. The number of nitrogens with two attached hydrogens (primary N) is 1. The Labute approximate surface area is 237 Å². The Morgan fingerprint density at radius 2 is 1.72 bits per heavy atom. The van der Waals surface area contributed by atoms with Crippen molar-refractivity contribution >= 4 is 29.3 Å². The van der Waals surface area contributed by atoms with Crippen LogP contribution in [0.3, 0.4) is 0 Å². The van der Waals surface area contributed by atoms with E-state index in [9.17, 15) is 20.1 Å². The fraction of sp³-hybridized carbons (Fsp3) is 0.367. The lowest BCUT2D eigenvalue weighted by atomic mass is 9.90. The average molecular weight is 572 g/mol. The van der Waals surface area contributed by atoms with Gasteiger partial charge in [0.15, 0.2) is 0 Å². The van der Waals surface area contributed by atoms with Crippen molar-refractivity contribution < 1.29 is 29.6 Å². The summed E-state index contributed by atoms with van der Waals surface area (Å²) >= 11 is 7.95. The first-order chi connectivity index (χ1) is 18.7. The smallest absolute Gasteiger partial charge is 0.224 e. The van der Waals surface area contributed by atoms with Crippen molar-refractivity contribution in [3.8, 4) is 5.75 Å². The van der Waals surface area contributed by atoms with E-state index >= 15 is 0 Å². The number of benzene rings is 3. The Bertz CT molecular complexity index is 1260. The first-order valence-electron chi connectivity index (χ1n) is 12.9. The van der Waals surface area contributed by atoms with E-state index in [1.54, 1.807) is 19.1 Å². The third-order valence-corrected chi connectivity index (χ3v) is 8.43. The van der Waals surface area contributed by atoms with Gasteiger partial charge in [0, 0.05) is 15.7 Å². The highest BCUT2D eigenvalue weighted by Gasteiger charge is 2.44. The van der Waals surface area contributed by atoms with E-state index in [-0.39, 0.29) is 5.92 Å². The first-order valence-corrected chi connectivity index (χ1v) is 14.3. The molecule has 1 aliphatic heterocycles. The molecule has 1 saturated heterocycles. The third-order valence-electron chi connectivity index (χ3n) is 6.96. The number of aliphatic hydroxyl groups is 3. The molecule has 6 atom stereocenters. The zero-order valence-corrected chi connectivity index (χ0v) is 23.4. The predicted molar refractivity (Wildman–Crippen MR) is 152 cm³/mol. The summed E-state index contributed by atoms with van der Waals surface area (Å²) in [5.74, 6) is 0.368. The van der Waals surface area contributed by atoms with Crippen LogP contribution in [0.1, 0.15) is 48.1 Å². The van der Waals surface area contributed by atoms with Gasteiger partial charge in [-0.3, -0.25) is 4.79 Å². The molecule has 3 aromatic rings. The third kappa shape index (κ3) is 7.14. The Morgan fingerprint density at radius 1 is 1.03 bits per heavy atom. The lowest BCUT2D eigenvalue weighted by Gasteiger charge is -2.41. The summed E-state index contributed by atoms with van der Waals surface area (Å²) in [6, 6.07) is 20.6. The molecule has 39 heavy (non-hydrogen) atoms. The summed E-state index contributed by atoms with van der Waals surface area (Å²) in [5.41, 5.74) is 8.78. The minimum atomic E-state index is -1.38. The van der Waals surface area contributed by atoms with Crippen LogP contribution in [0.2, 0.25) is 5.02 Å². The summed E-state index contributed by atoms with van der Waals surface area (Å²) < 4.78 is 11.7. The number of carbonyl (C=O) groups is 1. The van der Waals surface area contributed by atoms with Crippen LogP contribution in [0.4, 0.5) is 0 Å². The Hall–Kier alpha value is -2.59. The molecule has 208 valence electrons. The Morgan fingerprint density at radius 3 is 2.36 bits per heavy atom. The molecule has 0 radical (unpaired) electrons. The van der Waals surface area contributed by atoms with Gasteiger partial charge < -0.3 is 30.5 Å². The minimum Gasteiger partial charge on any atom is -0.494 e. The van der Waals surface area contributed by atoms with Crippen LogP contribution in [-0.2, 0) is 16.0 Å². The van der Waals surface area contributed by atoms with Crippen molar-refractivity contribution in [3.05, 3.63) is 94.0 Å². The molecule has 7 nitrogen and oxygen atoms in total. The van der Waals surface area contributed by atoms with Crippen LogP contribution in [-0.4, -0.2) is 58.0 Å². The number of rotatable bonds is 10. The minimum absolute atomic E-state index is 0.346. The number of carbonyl (C=O) groups excluding carboxylic acids is 1. The standard InChI is InChI=1S/C30H34ClNO6S/c1-3-37-22-9-4-18(5-10-22)14-21-15-20(8-13-24(21)31)29-28(35)27(34)26(33)25(38-29)16-39-23-11-6-19(7-12-23)17(2)30(32)36/h4-13,15,17,25-29,33-35H,3,14,16H2,1-2H3,(H2,32,36). The average Bonchev–Trinajstić information content (AvgIpc) is 2.94. The van der Waals surface area contributed by atoms with E-state index in [0.717, 1.165) is 27.3 Å². The van der Waals surface area contributed by atoms with Crippen molar-refractivity contribution in [1.82, 2.24) is 0 Å². The summed E-state index contributed by atoms with van der Waals surface area (Å²) in [6.45, 7) is 4.29. The number of aliphatic hydroxyl groups excluding tert-OH is 3. The van der Waals surface area contributed by atoms with Gasteiger partial charge in [0.05, 0.1) is 18.6 Å². The molecule has 1 fully saturated rings. The van der Waals surface area contributed by atoms with Gasteiger partial charge in [0.2, 0.25) is 5.91 Å². The van der Waals surface area contributed by atoms with E-state index in [0.29, 0.717) is 29.4 Å². The molecule has 3 aromatic carbocycles. The maximum atomic E-state index is 11.4. The van der Waals surface area contributed by atoms with Crippen molar-refractivity contribution in [2.45, 2.75) is 61.6 Å². The molecule has 1 amide bonds. The molecule has 9 heteroatoms. The quantitative estimate of drug-likeness (QED) is 0.269. The molecule has 6 unspecified atom stereocenters. The number of ether oxygens (including phenoxy) is 2. The van der Waals surface area contributed by atoms with Gasteiger partial charge in [-0.05, 0) is 72.9 Å². The number of primary amides is 1. The van der Waals surface area contributed by atoms with Crippen molar-refractivity contribution in [2.75, 3.05) is 12.4 Å². The molecular formula is C30H34ClNO6S. The maximum Gasteiger partial charge on any atom is 0.224 e. The SMILES string of the molecule is CCOc1ccc(Cc2cc(C3OC(CSc4ccc(C(C)C(N)=O)cc4)C(O)C(O)C3O)ccc2Cl)cc1. The summed E-state index contributed by atoms with van der Waals surface area (Å²) in [6.07, 6.45) is -4.95. The fourth-order valence-electron chi connectivity index (χ4n) is 4.56. The van der Waals surface area contributed by atoms with E-state index in [1.807, 2.05) is 61.5 Å². The second-order valence-electron chi connectivity index (χ2n) is 9.68. The number of hydrogen-bond donors (Lipinski definition) is 4. The second kappa shape index (κ2) is 13.2. The zero-order chi connectivity index (χ0) is 28.1. The van der Waals surface area contributed by atoms with Crippen LogP contribution < -0.4 is 10.5 Å². The van der Waals surface area contributed by atoms with E-state index < -0.39 is 36.4 Å². The summed E-state index contributed by atoms with van der Waals surface area (Å²) in [4.78, 5) is 12.3. The zero-order valence-electron chi connectivity index (χ0n) is 21.9. The van der Waals surface area contributed by atoms with Gasteiger partial charge in [0.1, 0.15) is 30.2 Å². The number of thioether (sulfide) groups is 1. The number of halogens is 1. The molecule has 0 aliphatic carbocycles. The highest BCUT2D eigenvalue weighted by Crippen LogP contribution is 2.36. The Kier molecular flexibility index (Phi) is 9.93. The molecule has 0 spiro atoms. The van der Waals surface area contributed by atoms with Crippen LogP contribution in [0.5, 0.6) is 5.75 Å². The van der Waals surface area contributed by atoms with Gasteiger partial charge in [-0.1, -0.05) is 48.0 Å². The van der Waals surface area contributed by atoms with Gasteiger partial charge in [-0.25, -0.2) is 0 Å². The van der Waals surface area contributed by atoms with Crippen LogP contribution in [0, 0.1) is 0 Å². The molecule has 1 heterocycles. The van der Waals surface area contributed by atoms with Crippen molar-refractivity contribution in [2.24, 2.45) is 5.73 Å². The van der Waals surface area contributed by atoms with Crippen LogP contribution in [0.15, 0.2) is 71.6 Å². The van der Waals surface area contributed by atoms with E-state index in [4.69, 9.17) is 26.8 Å². The Balaban J connectivity index is 1.47. The topological polar surface area (TPSA) is 122 Å². The normalized spacial score (nSPS) is 23.8. The van der Waals surface area contributed by atoms with Gasteiger partial charge in [-0.15, -0.1) is 11.8 Å². The highest BCUT2D eigenvalue weighted by molar-refractivity contribution is 7.99. The molecule has 0 aromatic heterocycles. The molecular weight excluding hydrogens is 538 g/mol. The molecule has 0 bridgehead atoms. The predicted octanol–water partition coefficient (Wildman–Crippen LogP) is 4.23. The van der Waals surface area contributed by atoms with E-state index in [1.165, 1.54) is 11.8 Å².